The van der Waals surface area contributed by atoms with Crippen LogP contribution in [0.1, 0.15) is 11.3 Å². The van der Waals surface area contributed by atoms with Gasteiger partial charge in [-0.15, -0.1) is 0 Å². The number of aryl methyl sites for hydroxylation is 3. The summed E-state index contributed by atoms with van der Waals surface area (Å²) in [7, 11) is 3.23. The lowest BCUT2D eigenvalue weighted by Gasteiger charge is -2.10. The first-order valence-electron chi connectivity index (χ1n) is 9.46. The van der Waals surface area contributed by atoms with Gasteiger partial charge < -0.3 is 4.40 Å². The second kappa shape index (κ2) is 5.91. The normalized spacial score (nSPS) is 11.7. The molecule has 29 heavy (non-hydrogen) atoms. The minimum Gasteiger partial charge on any atom is -0.303 e. The summed E-state index contributed by atoms with van der Waals surface area (Å²) in [6, 6.07) is 15.9. The van der Waals surface area contributed by atoms with Gasteiger partial charge in [0.05, 0.1) is 38.8 Å². The van der Waals surface area contributed by atoms with Crippen LogP contribution in [0.25, 0.3) is 38.7 Å². The van der Waals surface area contributed by atoms with Gasteiger partial charge in [0.15, 0.2) is 0 Å². The summed E-state index contributed by atoms with van der Waals surface area (Å²) in [6.45, 7) is 3.95. The van der Waals surface area contributed by atoms with Gasteiger partial charge >= 0.3 is 5.69 Å². The van der Waals surface area contributed by atoms with Crippen LogP contribution in [0.3, 0.4) is 0 Å². The topological polar surface area (TPSA) is 61.3 Å². The summed E-state index contributed by atoms with van der Waals surface area (Å²) in [6.07, 6.45) is 0. The van der Waals surface area contributed by atoms with Crippen molar-refractivity contribution in [3.05, 3.63) is 80.6 Å². The van der Waals surface area contributed by atoms with Gasteiger partial charge in [-0.3, -0.25) is 13.9 Å². The van der Waals surface area contributed by atoms with Crippen LogP contribution in [0.2, 0.25) is 0 Å². The van der Waals surface area contributed by atoms with Crippen molar-refractivity contribution in [1.29, 1.82) is 0 Å². The van der Waals surface area contributed by atoms with Gasteiger partial charge in [0, 0.05) is 14.1 Å². The zero-order valence-corrected chi connectivity index (χ0v) is 16.7. The number of para-hydroxylation sites is 2. The van der Waals surface area contributed by atoms with Crippen LogP contribution in [-0.4, -0.2) is 18.5 Å². The van der Waals surface area contributed by atoms with E-state index in [1.54, 1.807) is 11.6 Å². The molecule has 6 heteroatoms. The number of benzene rings is 2. The van der Waals surface area contributed by atoms with Crippen LogP contribution in [0.15, 0.2) is 58.1 Å². The molecule has 144 valence electrons. The van der Waals surface area contributed by atoms with E-state index in [2.05, 4.69) is 10.5 Å². The maximum atomic E-state index is 13.3. The molecular formula is C23H20N4O2. The maximum absolute atomic E-state index is 13.3. The molecule has 5 aromatic rings. The molecule has 0 bridgehead atoms. The van der Waals surface area contributed by atoms with Crippen LogP contribution in [0, 0.1) is 13.8 Å². The van der Waals surface area contributed by atoms with Gasteiger partial charge in [0.25, 0.3) is 5.56 Å². The Kier molecular flexibility index (Phi) is 3.55. The van der Waals surface area contributed by atoms with Gasteiger partial charge in [-0.1, -0.05) is 35.9 Å². The molecule has 0 spiro atoms. The summed E-state index contributed by atoms with van der Waals surface area (Å²) in [5, 5.41) is 0.529. The fourth-order valence-corrected chi connectivity index (χ4v) is 4.29. The highest BCUT2D eigenvalue weighted by Gasteiger charge is 2.24. The molecule has 0 amide bonds. The molecule has 2 aromatic carbocycles. The molecule has 0 atom stereocenters. The smallest absolute Gasteiger partial charge is 0.303 e. The molecule has 0 aliphatic heterocycles. The van der Waals surface area contributed by atoms with Crippen molar-refractivity contribution >= 4 is 27.5 Å². The van der Waals surface area contributed by atoms with Gasteiger partial charge in [-0.05, 0) is 37.6 Å². The van der Waals surface area contributed by atoms with Crippen molar-refractivity contribution in [2.24, 2.45) is 14.1 Å². The summed E-state index contributed by atoms with van der Waals surface area (Å²) in [5.74, 6) is 0. The number of aromatic nitrogens is 4. The minimum atomic E-state index is -0.349. The maximum Gasteiger partial charge on any atom is 0.331 e. The Morgan fingerprint density at radius 3 is 2.38 bits per heavy atom. The Morgan fingerprint density at radius 1 is 0.862 bits per heavy atom. The standard InChI is InChI=1S/C23H20N4O2/c1-13-8-7-9-15(12-13)20-18-21(25(3)23(29)26(4)22(18)28)19-14(2)24-16-10-5-6-11-17(16)27(19)20/h5-12H,1-4H3. The summed E-state index contributed by atoms with van der Waals surface area (Å²) >= 11 is 0. The van der Waals surface area contributed by atoms with Gasteiger partial charge in [-0.25, -0.2) is 9.78 Å². The van der Waals surface area contributed by atoms with Crippen LogP contribution >= 0.6 is 0 Å². The lowest BCUT2D eigenvalue weighted by atomic mass is 10.1. The van der Waals surface area contributed by atoms with E-state index in [1.807, 2.05) is 56.3 Å². The summed E-state index contributed by atoms with van der Waals surface area (Å²) < 4.78 is 4.80. The van der Waals surface area contributed by atoms with Crippen molar-refractivity contribution in [3.63, 3.8) is 0 Å². The molecule has 0 saturated carbocycles. The fraction of sp³-hybridized carbons (Fsp3) is 0.174. The zero-order valence-electron chi connectivity index (χ0n) is 16.7. The highest BCUT2D eigenvalue weighted by molar-refractivity contribution is 6.07. The highest BCUT2D eigenvalue weighted by atomic mass is 16.2. The Hall–Kier alpha value is -3.67. The van der Waals surface area contributed by atoms with Gasteiger partial charge in [0.2, 0.25) is 0 Å². The monoisotopic (exact) mass is 384 g/mol. The van der Waals surface area contributed by atoms with Crippen molar-refractivity contribution in [3.8, 4) is 11.3 Å². The highest BCUT2D eigenvalue weighted by Crippen LogP contribution is 2.35. The predicted octanol–water partition coefficient (Wildman–Crippen LogP) is 3.32. The SMILES string of the molecule is Cc1cccc(-c2c3c(=O)n(C)c(=O)n(C)c3c3c(C)nc4ccccc4n23)c1. The second-order valence-corrected chi connectivity index (χ2v) is 7.52. The van der Waals surface area contributed by atoms with Crippen molar-refractivity contribution in [2.45, 2.75) is 13.8 Å². The van der Waals surface area contributed by atoms with Crippen LogP contribution in [0.4, 0.5) is 0 Å². The van der Waals surface area contributed by atoms with Crippen LogP contribution in [-0.2, 0) is 14.1 Å². The summed E-state index contributed by atoms with van der Waals surface area (Å²) in [5.41, 5.74) is 6.09. The van der Waals surface area contributed by atoms with E-state index in [1.165, 1.54) is 11.6 Å². The molecule has 0 unspecified atom stereocenters. The van der Waals surface area contributed by atoms with E-state index in [4.69, 9.17) is 4.98 Å². The first-order valence-corrected chi connectivity index (χ1v) is 9.46. The van der Waals surface area contributed by atoms with Gasteiger partial charge in [-0.2, -0.15) is 0 Å². The number of fused-ring (bicyclic) bond motifs is 5. The molecular weight excluding hydrogens is 364 g/mol. The molecule has 0 radical (unpaired) electrons. The zero-order chi connectivity index (χ0) is 20.4. The predicted molar refractivity (Wildman–Crippen MR) is 116 cm³/mol. The second-order valence-electron chi connectivity index (χ2n) is 7.52. The molecule has 3 aromatic heterocycles. The lowest BCUT2D eigenvalue weighted by Crippen LogP contribution is -2.36. The van der Waals surface area contributed by atoms with E-state index < -0.39 is 0 Å². The van der Waals surface area contributed by atoms with Crippen molar-refractivity contribution < 1.29 is 0 Å². The Balaban J connectivity index is 2.23. The Bertz CT molecular complexity index is 1580. The lowest BCUT2D eigenvalue weighted by molar-refractivity contribution is 0.715. The average Bonchev–Trinajstić information content (AvgIpc) is 3.08. The quantitative estimate of drug-likeness (QED) is 0.445. The molecule has 0 aliphatic rings. The van der Waals surface area contributed by atoms with E-state index in [0.29, 0.717) is 10.9 Å². The molecule has 0 saturated heterocycles. The molecule has 6 nitrogen and oxygen atoms in total. The molecule has 0 aliphatic carbocycles. The number of nitrogens with zero attached hydrogens (tertiary/aromatic N) is 4. The van der Waals surface area contributed by atoms with E-state index in [0.717, 1.165) is 39.1 Å². The largest absolute Gasteiger partial charge is 0.331 e. The van der Waals surface area contributed by atoms with Crippen molar-refractivity contribution in [1.82, 2.24) is 18.5 Å². The van der Waals surface area contributed by atoms with E-state index >= 15 is 0 Å². The summed E-state index contributed by atoms with van der Waals surface area (Å²) in [4.78, 5) is 30.8. The van der Waals surface area contributed by atoms with E-state index in [9.17, 15) is 9.59 Å². The number of hydrogen-bond donors (Lipinski definition) is 0. The first-order chi connectivity index (χ1) is 13.9. The Morgan fingerprint density at radius 2 is 1.62 bits per heavy atom. The number of rotatable bonds is 1. The molecule has 3 heterocycles. The third kappa shape index (κ3) is 2.26. The Labute approximate surface area is 166 Å². The average molecular weight is 384 g/mol. The minimum absolute atomic E-state index is 0.299. The third-order valence-corrected chi connectivity index (χ3v) is 5.62. The van der Waals surface area contributed by atoms with Crippen molar-refractivity contribution in [2.75, 3.05) is 0 Å². The number of hydrogen-bond acceptors (Lipinski definition) is 3. The first kappa shape index (κ1) is 17.4. The molecule has 0 fully saturated rings. The van der Waals surface area contributed by atoms with E-state index in [-0.39, 0.29) is 11.2 Å². The molecule has 0 N–H and O–H groups in total. The van der Waals surface area contributed by atoms with Gasteiger partial charge in [0.1, 0.15) is 0 Å². The fourth-order valence-electron chi connectivity index (χ4n) is 4.29. The van der Waals surface area contributed by atoms with Crippen LogP contribution in [0.5, 0.6) is 0 Å². The third-order valence-electron chi connectivity index (χ3n) is 5.62. The van der Waals surface area contributed by atoms with Crippen LogP contribution < -0.4 is 11.2 Å². The molecule has 5 rings (SSSR count).